The van der Waals surface area contributed by atoms with Gasteiger partial charge in [0.25, 0.3) is 6.47 Å². The van der Waals surface area contributed by atoms with Crippen molar-refractivity contribution >= 4 is 18.1 Å². The van der Waals surface area contributed by atoms with Crippen molar-refractivity contribution in [2.24, 2.45) is 5.16 Å². The van der Waals surface area contributed by atoms with Gasteiger partial charge in [-0.05, 0) is 13.8 Å². The number of oxime groups is 1. The Bertz CT molecular complexity index is 484. The molecule has 8 heteroatoms. The molecule has 3 atom stereocenters. The fourth-order valence-corrected chi connectivity index (χ4v) is 2.36. The first-order valence-corrected chi connectivity index (χ1v) is 6.04. The number of nitrogens with zero attached hydrogens (tertiary/aromatic N) is 1. The standard InChI is InChI=1S/C12H16N2O6/c1-6(16)13-9-7(14-17)4-8(18-5-15)10-11(9)20-12(2,3)19-10/h4-5,9-11,17H,1-3H3,(H,13,16)/b14-7+/t9-,10-,11+/m1/s1. The molecular formula is C12H16N2O6. The van der Waals surface area contributed by atoms with E-state index >= 15 is 0 Å². The van der Waals surface area contributed by atoms with Crippen LogP contribution in [0, 0.1) is 0 Å². The second-order valence-electron chi connectivity index (χ2n) is 4.98. The molecule has 1 heterocycles. The highest BCUT2D eigenvalue weighted by atomic mass is 16.8. The lowest BCUT2D eigenvalue weighted by Crippen LogP contribution is -2.54. The summed E-state index contributed by atoms with van der Waals surface area (Å²) in [6, 6.07) is -0.691. The molecule has 2 N–H and O–H groups in total. The zero-order chi connectivity index (χ0) is 14.9. The predicted octanol–water partition coefficient (Wildman–Crippen LogP) is -0.0881. The Morgan fingerprint density at radius 3 is 2.80 bits per heavy atom. The molecule has 1 aliphatic carbocycles. The summed E-state index contributed by atoms with van der Waals surface area (Å²) in [6.45, 7) is 4.99. The van der Waals surface area contributed by atoms with Crippen LogP contribution in [0.5, 0.6) is 0 Å². The summed E-state index contributed by atoms with van der Waals surface area (Å²) < 4.78 is 16.2. The van der Waals surface area contributed by atoms with Crippen molar-refractivity contribution < 1.29 is 29.0 Å². The smallest absolute Gasteiger partial charge is 0.298 e. The molecule has 20 heavy (non-hydrogen) atoms. The van der Waals surface area contributed by atoms with E-state index in [-0.39, 0.29) is 23.9 Å². The molecule has 1 aliphatic heterocycles. The Balaban J connectivity index is 2.39. The van der Waals surface area contributed by atoms with Gasteiger partial charge in [0.05, 0.1) is 0 Å². The summed E-state index contributed by atoms with van der Waals surface area (Å²) in [4.78, 5) is 21.8. The van der Waals surface area contributed by atoms with Crippen LogP contribution in [0.4, 0.5) is 0 Å². The Hall–Kier alpha value is -1.93. The average Bonchev–Trinajstić information content (AvgIpc) is 2.67. The van der Waals surface area contributed by atoms with E-state index in [1.54, 1.807) is 13.8 Å². The zero-order valence-electron chi connectivity index (χ0n) is 11.3. The van der Waals surface area contributed by atoms with Crippen LogP contribution in [0.1, 0.15) is 20.8 Å². The van der Waals surface area contributed by atoms with Crippen LogP contribution in [0.3, 0.4) is 0 Å². The first kappa shape index (κ1) is 14.5. The van der Waals surface area contributed by atoms with Gasteiger partial charge < -0.3 is 24.7 Å². The van der Waals surface area contributed by atoms with Crippen molar-refractivity contribution in [1.29, 1.82) is 0 Å². The number of nitrogens with one attached hydrogen (secondary N) is 1. The van der Waals surface area contributed by atoms with Crippen LogP contribution in [-0.2, 0) is 23.8 Å². The minimum Gasteiger partial charge on any atom is -0.430 e. The van der Waals surface area contributed by atoms with Crippen LogP contribution in [0.2, 0.25) is 0 Å². The van der Waals surface area contributed by atoms with E-state index in [1.807, 2.05) is 0 Å². The predicted molar refractivity (Wildman–Crippen MR) is 65.9 cm³/mol. The minimum atomic E-state index is -0.914. The maximum absolute atomic E-state index is 11.3. The fraction of sp³-hybridized carbons (Fsp3) is 0.583. The molecule has 0 aromatic carbocycles. The molecule has 110 valence electrons. The molecular weight excluding hydrogens is 268 g/mol. The molecule has 0 aromatic heterocycles. The van der Waals surface area contributed by atoms with Crippen molar-refractivity contribution in [3.8, 4) is 0 Å². The van der Waals surface area contributed by atoms with Gasteiger partial charge >= 0.3 is 0 Å². The van der Waals surface area contributed by atoms with Gasteiger partial charge in [-0.15, -0.1) is 0 Å². The zero-order valence-corrected chi connectivity index (χ0v) is 11.3. The first-order valence-electron chi connectivity index (χ1n) is 6.04. The quantitative estimate of drug-likeness (QED) is 0.426. The van der Waals surface area contributed by atoms with E-state index in [2.05, 4.69) is 10.5 Å². The molecule has 2 aliphatic rings. The molecule has 0 aromatic rings. The summed E-state index contributed by atoms with van der Waals surface area (Å²) in [6.07, 6.45) is 0.0262. The Kier molecular flexibility index (Phi) is 3.78. The van der Waals surface area contributed by atoms with Gasteiger partial charge in [-0.25, -0.2) is 0 Å². The van der Waals surface area contributed by atoms with E-state index in [0.29, 0.717) is 0 Å². The second-order valence-corrected chi connectivity index (χ2v) is 4.98. The van der Waals surface area contributed by atoms with Gasteiger partial charge in [-0.2, -0.15) is 0 Å². The highest BCUT2D eigenvalue weighted by Crippen LogP contribution is 2.37. The van der Waals surface area contributed by atoms with Gasteiger partial charge in [0, 0.05) is 13.0 Å². The highest BCUT2D eigenvalue weighted by molar-refractivity contribution is 6.02. The summed E-state index contributed by atoms with van der Waals surface area (Å²) in [7, 11) is 0. The Morgan fingerprint density at radius 2 is 2.25 bits per heavy atom. The number of carbonyl (C=O) groups is 2. The van der Waals surface area contributed by atoms with Crippen molar-refractivity contribution in [3.05, 3.63) is 11.8 Å². The molecule has 0 saturated carbocycles. The fourth-order valence-electron chi connectivity index (χ4n) is 2.36. The van der Waals surface area contributed by atoms with E-state index in [0.717, 1.165) is 0 Å². The molecule has 1 saturated heterocycles. The van der Waals surface area contributed by atoms with Crippen LogP contribution in [-0.4, -0.2) is 47.3 Å². The number of hydrogen-bond donors (Lipinski definition) is 2. The molecule has 0 radical (unpaired) electrons. The number of rotatable bonds is 3. The van der Waals surface area contributed by atoms with Gasteiger partial charge in [0.2, 0.25) is 5.91 Å². The summed E-state index contributed by atoms with van der Waals surface area (Å²) in [5.74, 6) is -1.05. The van der Waals surface area contributed by atoms with Crippen molar-refractivity contribution in [3.63, 3.8) is 0 Å². The number of ether oxygens (including phenoxy) is 3. The van der Waals surface area contributed by atoms with Crippen LogP contribution >= 0.6 is 0 Å². The monoisotopic (exact) mass is 284 g/mol. The van der Waals surface area contributed by atoms with Gasteiger partial charge in [0.15, 0.2) is 5.79 Å². The maximum atomic E-state index is 11.3. The van der Waals surface area contributed by atoms with E-state index in [9.17, 15) is 9.59 Å². The number of fused-ring (bicyclic) bond motifs is 1. The minimum absolute atomic E-state index is 0.125. The lowest BCUT2D eigenvalue weighted by molar-refractivity contribution is -0.149. The summed E-state index contributed by atoms with van der Waals surface area (Å²) >= 11 is 0. The lowest BCUT2D eigenvalue weighted by Gasteiger charge is -2.30. The number of carbonyl (C=O) groups excluding carboxylic acids is 2. The van der Waals surface area contributed by atoms with Crippen LogP contribution in [0.15, 0.2) is 17.0 Å². The first-order chi connectivity index (χ1) is 9.38. The van der Waals surface area contributed by atoms with E-state index < -0.39 is 24.0 Å². The van der Waals surface area contributed by atoms with Gasteiger partial charge in [-0.1, -0.05) is 5.16 Å². The molecule has 1 fully saturated rings. The van der Waals surface area contributed by atoms with E-state index in [4.69, 9.17) is 19.4 Å². The third-order valence-electron chi connectivity index (χ3n) is 3.01. The van der Waals surface area contributed by atoms with Crippen LogP contribution < -0.4 is 5.32 Å². The average molecular weight is 284 g/mol. The Labute approximate surface area is 115 Å². The molecule has 0 unspecified atom stereocenters. The normalized spacial score (nSPS) is 33.2. The molecule has 8 nitrogen and oxygen atoms in total. The second kappa shape index (κ2) is 5.22. The molecule has 1 amide bonds. The van der Waals surface area contributed by atoms with Crippen molar-refractivity contribution in [1.82, 2.24) is 5.32 Å². The van der Waals surface area contributed by atoms with Crippen molar-refractivity contribution in [2.45, 2.75) is 44.8 Å². The summed E-state index contributed by atoms with van der Waals surface area (Å²) in [5, 5.41) is 14.8. The van der Waals surface area contributed by atoms with Crippen LogP contribution in [0.25, 0.3) is 0 Å². The van der Waals surface area contributed by atoms with Gasteiger partial charge in [-0.3, -0.25) is 9.59 Å². The maximum Gasteiger partial charge on any atom is 0.298 e. The van der Waals surface area contributed by atoms with Crippen molar-refractivity contribution in [2.75, 3.05) is 0 Å². The van der Waals surface area contributed by atoms with Gasteiger partial charge in [0.1, 0.15) is 29.7 Å². The summed E-state index contributed by atoms with van der Waals surface area (Å²) in [5.41, 5.74) is 0.125. The lowest BCUT2D eigenvalue weighted by atomic mass is 9.92. The number of hydrogen-bond acceptors (Lipinski definition) is 7. The SMILES string of the molecule is CC(=O)N[C@@H]1/C(=N/O)C=C(OC=O)[C@H]2OC(C)(C)O[C@H]21. The van der Waals surface area contributed by atoms with E-state index in [1.165, 1.54) is 13.0 Å². The largest absolute Gasteiger partial charge is 0.430 e. The third kappa shape index (κ3) is 2.66. The number of amides is 1. The molecule has 2 rings (SSSR count). The third-order valence-corrected chi connectivity index (χ3v) is 3.01. The Morgan fingerprint density at radius 1 is 1.55 bits per heavy atom. The molecule has 0 spiro atoms. The topological polar surface area (TPSA) is 106 Å². The highest BCUT2D eigenvalue weighted by Gasteiger charge is 2.51. The molecule has 0 bridgehead atoms.